The van der Waals surface area contributed by atoms with Gasteiger partial charge in [0.1, 0.15) is 0 Å². The maximum atomic E-state index is 12.0. The Balaban J connectivity index is 2.06. The van der Waals surface area contributed by atoms with Crippen molar-refractivity contribution < 1.29 is 8.42 Å². The average Bonchev–Trinajstić information content (AvgIpc) is 2.91. The number of rotatable bonds is 6. The lowest BCUT2D eigenvalue weighted by molar-refractivity contribution is 0.581. The molecule has 1 aromatic heterocycles. The van der Waals surface area contributed by atoms with Crippen LogP contribution in [0.1, 0.15) is 11.1 Å². The first-order valence-corrected chi connectivity index (χ1v) is 7.76. The first-order chi connectivity index (χ1) is 9.12. The molecule has 19 heavy (non-hydrogen) atoms. The molecule has 0 bridgehead atoms. The van der Waals surface area contributed by atoms with E-state index in [-0.39, 0.29) is 11.4 Å². The molecule has 0 atom stereocenters. The van der Waals surface area contributed by atoms with E-state index in [2.05, 4.69) is 14.9 Å². The van der Waals surface area contributed by atoms with Crippen molar-refractivity contribution in [2.24, 2.45) is 0 Å². The highest BCUT2D eigenvalue weighted by Gasteiger charge is 2.13. The second kappa shape index (κ2) is 6.18. The summed E-state index contributed by atoms with van der Waals surface area (Å²) < 4.78 is 26.6. The van der Waals surface area contributed by atoms with Gasteiger partial charge in [-0.05, 0) is 24.1 Å². The van der Waals surface area contributed by atoms with Crippen LogP contribution in [0.4, 0.5) is 0 Å². The Bertz CT molecular complexity index is 609. The Morgan fingerprint density at radius 3 is 2.53 bits per heavy atom. The minimum absolute atomic E-state index is 0.211. The summed E-state index contributed by atoms with van der Waals surface area (Å²) in [6.45, 7) is 0.211. The average molecular weight is 300 g/mol. The number of aryl methyl sites for hydroxylation is 1. The van der Waals surface area contributed by atoms with Crippen LogP contribution in [0.15, 0.2) is 41.6 Å². The Labute approximate surface area is 117 Å². The molecule has 2 N–H and O–H groups in total. The first kappa shape index (κ1) is 14.0. The zero-order valence-corrected chi connectivity index (χ0v) is 11.7. The number of alkyl halides is 1. The van der Waals surface area contributed by atoms with Gasteiger partial charge in [-0.1, -0.05) is 12.1 Å². The van der Waals surface area contributed by atoms with Crippen molar-refractivity contribution in [3.63, 3.8) is 0 Å². The molecule has 0 unspecified atom stereocenters. The van der Waals surface area contributed by atoms with Gasteiger partial charge < -0.3 is 0 Å². The van der Waals surface area contributed by atoms with Gasteiger partial charge in [-0.3, -0.25) is 5.10 Å². The number of benzene rings is 1. The van der Waals surface area contributed by atoms with Crippen molar-refractivity contribution >= 4 is 21.6 Å². The van der Waals surface area contributed by atoms with Crippen LogP contribution >= 0.6 is 11.6 Å². The Kier molecular flexibility index (Phi) is 4.57. The molecule has 1 aromatic carbocycles. The fourth-order valence-electron chi connectivity index (χ4n) is 1.58. The number of sulfonamides is 1. The zero-order chi connectivity index (χ0) is 13.7. The number of hydrogen-bond acceptors (Lipinski definition) is 3. The van der Waals surface area contributed by atoms with Crippen LogP contribution in [0.3, 0.4) is 0 Å². The largest absolute Gasteiger partial charge is 0.285 e. The molecule has 0 aliphatic carbocycles. The molecule has 0 aliphatic rings. The van der Waals surface area contributed by atoms with Crippen LogP contribution in [-0.2, 0) is 23.0 Å². The SMILES string of the molecule is O=S(=O)(NCc1cn[nH]c1)c1ccc(CCCl)cc1. The van der Waals surface area contributed by atoms with Crippen LogP contribution in [-0.4, -0.2) is 24.5 Å². The third-order valence-electron chi connectivity index (χ3n) is 2.64. The van der Waals surface area contributed by atoms with Gasteiger partial charge in [0.05, 0.1) is 11.1 Å². The summed E-state index contributed by atoms with van der Waals surface area (Å²) in [5.41, 5.74) is 1.80. The fourth-order valence-corrected chi connectivity index (χ4v) is 2.82. The third kappa shape index (κ3) is 3.79. The summed E-state index contributed by atoms with van der Waals surface area (Å²) >= 11 is 5.63. The highest BCUT2D eigenvalue weighted by Crippen LogP contribution is 2.12. The number of aromatic amines is 1. The van der Waals surface area contributed by atoms with Crippen LogP contribution in [0.25, 0.3) is 0 Å². The molecule has 0 spiro atoms. The topological polar surface area (TPSA) is 74.8 Å². The van der Waals surface area contributed by atoms with Crippen LogP contribution < -0.4 is 4.72 Å². The molecular weight excluding hydrogens is 286 g/mol. The Hall–Kier alpha value is -1.37. The Morgan fingerprint density at radius 2 is 1.95 bits per heavy atom. The van der Waals surface area contributed by atoms with Crippen LogP contribution in [0.2, 0.25) is 0 Å². The van der Waals surface area contributed by atoms with Gasteiger partial charge in [0.25, 0.3) is 0 Å². The summed E-state index contributed by atoms with van der Waals surface area (Å²) in [5, 5.41) is 6.39. The number of nitrogens with one attached hydrogen (secondary N) is 2. The Morgan fingerprint density at radius 1 is 1.21 bits per heavy atom. The van der Waals surface area contributed by atoms with Crippen LogP contribution in [0, 0.1) is 0 Å². The third-order valence-corrected chi connectivity index (χ3v) is 4.24. The van der Waals surface area contributed by atoms with E-state index in [1.165, 1.54) is 0 Å². The second-order valence-corrected chi connectivity index (χ2v) is 6.16. The molecule has 0 aliphatic heterocycles. The molecule has 7 heteroatoms. The quantitative estimate of drug-likeness (QED) is 0.797. The molecule has 1 heterocycles. The molecule has 5 nitrogen and oxygen atoms in total. The van der Waals surface area contributed by atoms with Crippen molar-refractivity contribution in [1.29, 1.82) is 0 Å². The fraction of sp³-hybridized carbons (Fsp3) is 0.250. The molecule has 0 amide bonds. The van der Waals surface area contributed by atoms with Crippen molar-refractivity contribution in [3.8, 4) is 0 Å². The molecular formula is C12H14ClN3O2S. The zero-order valence-electron chi connectivity index (χ0n) is 10.1. The number of nitrogens with zero attached hydrogens (tertiary/aromatic N) is 1. The van der Waals surface area contributed by atoms with Crippen molar-refractivity contribution in [2.45, 2.75) is 17.9 Å². The van der Waals surface area contributed by atoms with E-state index < -0.39 is 10.0 Å². The van der Waals surface area contributed by atoms with Gasteiger partial charge in [0.2, 0.25) is 10.0 Å². The first-order valence-electron chi connectivity index (χ1n) is 5.74. The predicted molar refractivity (Wildman–Crippen MR) is 73.5 cm³/mol. The van der Waals surface area contributed by atoms with E-state index in [4.69, 9.17) is 11.6 Å². The van der Waals surface area contributed by atoms with Gasteiger partial charge in [-0.15, -0.1) is 11.6 Å². The summed E-state index contributed by atoms with van der Waals surface area (Å²) in [6.07, 6.45) is 3.95. The summed E-state index contributed by atoms with van der Waals surface area (Å²) in [7, 11) is -3.49. The second-order valence-electron chi connectivity index (χ2n) is 4.01. The van der Waals surface area contributed by atoms with E-state index in [9.17, 15) is 8.42 Å². The van der Waals surface area contributed by atoms with Gasteiger partial charge in [-0.2, -0.15) is 5.10 Å². The maximum Gasteiger partial charge on any atom is 0.240 e. The normalized spacial score (nSPS) is 11.6. The molecule has 2 rings (SSSR count). The lowest BCUT2D eigenvalue weighted by Crippen LogP contribution is -2.23. The molecule has 2 aromatic rings. The lowest BCUT2D eigenvalue weighted by Gasteiger charge is -2.06. The van der Waals surface area contributed by atoms with Gasteiger partial charge in [-0.25, -0.2) is 13.1 Å². The summed E-state index contributed by atoms with van der Waals surface area (Å²) in [4.78, 5) is 0.245. The van der Waals surface area contributed by atoms with Crippen LogP contribution in [0.5, 0.6) is 0 Å². The molecule has 0 radical (unpaired) electrons. The number of H-pyrrole nitrogens is 1. The summed E-state index contributed by atoms with van der Waals surface area (Å²) in [5.74, 6) is 0.519. The maximum absolute atomic E-state index is 12.0. The predicted octanol–water partition coefficient (Wildman–Crippen LogP) is 1.67. The molecule has 102 valence electrons. The molecule has 0 fully saturated rings. The number of aromatic nitrogens is 2. The minimum atomic E-state index is -3.49. The van der Waals surface area contributed by atoms with Crippen molar-refractivity contribution in [2.75, 3.05) is 5.88 Å². The van der Waals surface area contributed by atoms with E-state index in [1.807, 2.05) is 0 Å². The van der Waals surface area contributed by atoms with Crippen molar-refractivity contribution in [3.05, 3.63) is 47.8 Å². The van der Waals surface area contributed by atoms with Gasteiger partial charge in [0, 0.05) is 24.2 Å². The van der Waals surface area contributed by atoms with E-state index in [0.717, 1.165) is 17.5 Å². The monoisotopic (exact) mass is 299 g/mol. The summed E-state index contributed by atoms with van der Waals surface area (Å²) in [6, 6.07) is 6.71. The standard InChI is InChI=1S/C12H14ClN3O2S/c13-6-5-10-1-3-12(4-2-10)19(17,18)16-9-11-7-14-15-8-11/h1-4,7-8,16H,5-6,9H2,(H,14,15). The lowest BCUT2D eigenvalue weighted by atomic mass is 10.2. The van der Waals surface area contributed by atoms with Gasteiger partial charge >= 0.3 is 0 Å². The molecule has 0 saturated heterocycles. The number of halogens is 1. The van der Waals surface area contributed by atoms with E-state index in [1.54, 1.807) is 36.7 Å². The molecule has 0 saturated carbocycles. The highest BCUT2D eigenvalue weighted by atomic mass is 35.5. The van der Waals surface area contributed by atoms with Crippen molar-refractivity contribution in [1.82, 2.24) is 14.9 Å². The highest BCUT2D eigenvalue weighted by molar-refractivity contribution is 7.89. The smallest absolute Gasteiger partial charge is 0.240 e. The van der Waals surface area contributed by atoms with E-state index in [0.29, 0.717) is 5.88 Å². The number of hydrogen-bond donors (Lipinski definition) is 2. The van der Waals surface area contributed by atoms with E-state index >= 15 is 0 Å². The van der Waals surface area contributed by atoms with Gasteiger partial charge in [0.15, 0.2) is 0 Å². The minimum Gasteiger partial charge on any atom is -0.285 e.